The Kier molecular flexibility index (Phi) is 8.82. The average Bonchev–Trinajstić information content (AvgIpc) is 2.96. The summed E-state index contributed by atoms with van der Waals surface area (Å²) in [6, 6.07) is 25.5. The van der Waals surface area contributed by atoms with Gasteiger partial charge in [0.05, 0.1) is 32.5 Å². The summed E-state index contributed by atoms with van der Waals surface area (Å²) in [5.41, 5.74) is 9.83. The molecule has 0 aromatic heterocycles. The Morgan fingerprint density at radius 2 is 1.27 bits per heavy atom. The van der Waals surface area contributed by atoms with Crippen LogP contribution in [0.5, 0.6) is 17.2 Å². The molecule has 0 saturated heterocycles. The van der Waals surface area contributed by atoms with Gasteiger partial charge in [0, 0.05) is 17.1 Å². The molecule has 9 nitrogen and oxygen atoms in total. The van der Waals surface area contributed by atoms with E-state index in [1.807, 2.05) is 54.6 Å². The van der Waals surface area contributed by atoms with Gasteiger partial charge in [-0.15, -0.1) is 0 Å². The van der Waals surface area contributed by atoms with Crippen LogP contribution in [-0.2, 0) is 0 Å². The zero-order chi connectivity index (χ0) is 28.6. The number of primary amides is 1. The van der Waals surface area contributed by atoms with Gasteiger partial charge in [0.15, 0.2) is 11.5 Å². The van der Waals surface area contributed by atoms with E-state index in [4.69, 9.17) is 32.2 Å². The van der Waals surface area contributed by atoms with Crippen molar-refractivity contribution in [3.05, 3.63) is 96.1 Å². The molecule has 0 spiro atoms. The van der Waals surface area contributed by atoms with Crippen LogP contribution in [0.15, 0.2) is 84.9 Å². The highest BCUT2D eigenvalue weighted by Gasteiger charge is 2.26. The van der Waals surface area contributed by atoms with E-state index in [1.54, 1.807) is 24.3 Å². The molecule has 0 atom stereocenters. The van der Waals surface area contributed by atoms with Gasteiger partial charge in [-0.05, 0) is 47.5 Å². The molecule has 40 heavy (non-hydrogen) atoms. The van der Waals surface area contributed by atoms with Crippen molar-refractivity contribution in [2.45, 2.75) is 0 Å². The summed E-state index contributed by atoms with van der Waals surface area (Å²) in [6.45, 7) is 0. The normalized spacial score (nSPS) is 10.3. The quantitative estimate of drug-likeness (QED) is 0.189. The fourth-order valence-corrected chi connectivity index (χ4v) is 4.43. The number of thiocarbonyl (C=S) groups is 1. The molecule has 5 N–H and O–H groups in total. The molecule has 0 saturated carbocycles. The number of amides is 3. The number of nitrogens with one attached hydrogen (secondary N) is 3. The molecular weight excluding hydrogens is 528 g/mol. The van der Waals surface area contributed by atoms with Gasteiger partial charge < -0.3 is 35.9 Å². The minimum absolute atomic E-state index is 0.0962. The number of ether oxygens (including phenoxy) is 3. The molecule has 4 aromatic rings. The summed E-state index contributed by atoms with van der Waals surface area (Å²) >= 11 is 5.62. The lowest BCUT2D eigenvalue weighted by atomic mass is 10.0. The second-order valence-corrected chi connectivity index (χ2v) is 8.90. The molecule has 0 heterocycles. The zero-order valence-electron chi connectivity index (χ0n) is 22.1. The van der Waals surface area contributed by atoms with Crippen LogP contribution in [0.2, 0.25) is 0 Å². The van der Waals surface area contributed by atoms with Crippen molar-refractivity contribution >= 4 is 46.2 Å². The first-order valence-corrected chi connectivity index (χ1v) is 12.5. The third-order valence-electron chi connectivity index (χ3n) is 5.95. The van der Waals surface area contributed by atoms with Crippen LogP contribution < -0.4 is 35.9 Å². The molecule has 4 aromatic carbocycles. The van der Waals surface area contributed by atoms with Crippen molar-refractivity contribution in [1.29, 1.82) is 0 Å². The first-order chi connectivity index (χ1) is 19.3. The Labute approximate surface area is 237 Å². The molecule has 0 aliphatic rings. The lowest BCUT2D eigenvalue weighted by Crippen LogP contribution is -2.22. The third kappa shape index (κ3) is 6.30. The summed E-state index contributed by atoms with van der Waals surface area (Å²) in [5, 5.41) is 8.71. The summed E-state index contributed by atoms with van der Waals surface area (Å²) in [6.07, 6.45) is 0. The molecule has 3 amide bonds. The van der Waals surface area contributed by atoms with Crippen LogP contribution in [0, 0.1) is 0 Å². The van der Waals surface area contributed by atoms with E-state index in [0.717, 1.165) is 11.1 Å². The molecule has 0 aliphatic carbocycles. The summed E-state index contributed by atoms with van der Waals surface area (Å²) in [7, 11) is 4.31. The molecular formula is C30H28N4O5S. The smallest absolute Gasteiger partial charge is 0.323 e. The van der Waals surface area contributed by atoms with E-state index in [0.29, 0.717) is 17.1 Å². The van der Waals surface area contributed by atoms with Gasteiger partial charge in [-0.2, -0.15) is 0 Å². The Morgan fingerprint density at radius 3 is 1.88 bits per heavy atom. The van der Waals surface area contributed by atoms with E-state index in [-0.39, 0.29) is 33.4 Å². The average molecular weight is 557 g/mol. The predicted octanol–water partition coefficient (Wildman–Crippen LogP) is 5.91. The second-order valence-electron chi connectivity index (χ2n) is 8.49. The highest BCUT2D eigenvalue weighted by Crippen LogP contribution is 2.42. The van der Waals surface area contributed by atoms with E-state index >= 15 is 0 Å². The number of rotatable bonds is 9. The molecule has 0 bridgehead atoms. The summed E-state index contributed by atoms with van der Waals surface area (Å²) < 4.78 is 16.3. The van der Waals surface area contributed by atoms with Gasteiger partial charge in [0.25, 0.3) is 0 Å². The molecule has 0 aliphatic heterocycles. The lowest BCUT2D eigenvalue weighted by Gasteiger charge is -2.20. The second kappa shape index (κ2) is 12.6. The van der Waals surface area contributed by atoms with Crippen molar-refractivity contribution in [3.63, 3.8) is 0 Å². The molecule has 0 radical (unpaired) electrons. The monoisotopic (exact) mass is 556 g/mol. The Hall–Kier alpha value is -5.09. The predicted molar refractivity (Wildman–Crippen MR) is 161 cm³/mol. The minimum Gasteiger partial charge on any atom is -0.493 e. The highest BCUT2D eigenvalue weighted by atomic mass is 32.1. The van der Waals surface area contributed by atoms with Crippen LogP contribution in [0.1, 0.15) is 15.9 Å². The fraction of sp³-hybridized carbons (Fsp3) is 0.100. The Bertz CT molecular complexity index is 1540. The minimum atomic E-state index is -0.720. The summed E-state index contributed by atoms with van der Waals surface area (Å²) in [5.74, 6) is 0.00652. The first-order valence-electron chi connectivity index (χ1n) is 12.1. The van der Waals surface area contributed by atoms with Gasteiger partial charge in [-0.3, -0.25) is 4.79 Å². The number of hydrogen-bond acceptors (Lipinski definition) is 6. The SMILES string of the molecule is COc1cc(C(N)=O)c(C(=S)Nc2cccc(NC(=O)Nc3ccc(-c4ccccc4)cc3)c2)c(OC)c1OC. The van der Waals surface area contributed by atoms with Crippen molar-refractivity contribution in [2.75, 3.05) is 37.3 Å². The van der Waals surface area contributed by atoms with Crippen LogP contribution in [0.4, 0.5) is 21.9 Å². The number of carbonyl (C=O) groups is 2. The van der Waals surface area contributed by atoms with Gasteiger partial charge in [-0.25, -0.2) is 4.79 Å². The molecule has 4 rings (SSSR count). The summed E-state index contributed by atoms with van der Waals surface area (Å²) in [4.78, 5) is 25.1. The number of urea groups is 1. The lowest BCUT2D eigenvalue weighted by molar-refractivity contribution is 0.0999. The maximum atomic E-state index is 12.7. The molecule has 10 heteroatoms. The zero-order valence-corrected chi connectivity index (χ0v) is 22.9. The van der Waals surface area contributed by atoms with Gasteiger partial charge in [-0.1, -0.05) is 60.7 Å². The molecule has 0 unspecified atom stereocenters. The van der Waals surface area contributed by atoms with E-state index in [9.17, 15) is 9.59 Å². The fourth-order valence-electron chi connectivity index (χ4n) is 4.11. The topological polar surface area (TPSA) is 124 Å². The maximum Gasteiger partial charge on any atom is 0.323 e. The van der Waals surface area contributed by atoms with Crippen molar-refractivity contribution < 1.29 is 23.8 Å². The van der Waals surface area contributed by atoms with Crippen LogP contribution in [-0.4, -0.2) is 38.3 Å². The van der Waals surface area contributed by atoms with Crippen LogP contribution in [0.25, 0.3) is 11.1 Å². The maximum absolute atomic E-state index is 12.7. The van der Waals surface area contributed by atoms with Gasteiger partial charge in [0.1, 0.15) is 4.99 Å². The molecule has 204 valence electrons. The largest absolute Gasteiger partial charge is 0.493 e. The van der Waals surface area contributed by atoms with Gasteiger partial charge >= 0.3 is 6.03 Å². The van der Waals surface area contributed by atoms with E-state index in [1.165, 1.54) is 27.4 Å². The Balaban J connectivity index is 1.49. The van der Waals surface area contributed by atoms with Crippen molar-refractivity contribution in [1.82, 2.24) is 0 Å². The van der Waals surface area contributed by atoms with Crippen molar-refractivity contribution in [3.8, 4) is 28.4 Å². The van der Waals surface area contributed by atoms with E-state index in [2.05, 4.69) is 16.0 Å². The first kappa shape index (κ1) is 27.9. The Morgan fingerprint density at radius 1 is 0.675 bits per heavy atom. The highest BCUT2D eigenvalue weighted by molar-refractivity contribution is 7.81. The standard InChI is InChI=1S/C30H28N4O5S/c1-37-24-17-23(28(31)35)25(27(39-3)26(24)38-2)29(40)32-21-10-7-11-22(16-21)34-30(36)33-20-14-12-19(13-15-20)18-8-5-4-6-9-18/h4-17H,1-3H3,(H2,31,35)(H,32,40)(H2,33,34,36). The number of nitrogens with two attached hydrogens (primary N) is 1. The number of benzene rings is 4. The number of hydrogen-bond donors (Lipinski definition) is 4. The third-order valence-corrected chi connectivity index (χ3v) is 6.26. The van der Waals surface area contributed by atoms with Crippen LogP contribution in [0.3, 0.4) is 0 Å². The van der Waals surface area contributed by atoms with Crippen molar-refractivity contribution in [2.24, 2.45) is 5.73 Å². The molecule has 0 fully saturated rings. The van der Waals surface area contributed by atoms with E-state index < -0.39 is 11.9 Å². The number of methoxy groups -OCH3 is 3. The van der Waals surface area contributed by atoms with Gasteiger partial charge in [0.2, 0.25) is 11.7 Å². The number of anilines is 3. The van der Waals surface area contributed by atoms with Crippen LogP contribution >= 0.6 is 12.2 Å². The number of carbonyl (C=O) groups excluding carboxylic acids is 2.